The first-order chi connectivity index (χ1) is 8.13. The molecule has 0 radical (unpaired) electrons. The number of Topliss-reactive ketones (excluding diaryl/α,β-unsaturated/α-hetero) is 1. The molecule has 0 saturated carbocycles. The molecule has 1 fully saturated rings. The van der Waals surface area contributed by atoms with E-state index < -0.39 is 0 Å². The lowest BCUT2D eigenvalue weighted by Crippen LogP contribution is -2.22. The monoisotopic (exact) mass is 256 g/mol. The zero-order valence-electron chi connectivity index (χ0n) is 10.2. The van der Waals surface area contributed by atoms with Crippen molar-refractivity contribution in [2.75, 3.05) is 6.61 Å². The molecule has 1 atom stereocenters. The van der Waals surface area contributed by atoms with E-state index in [0.717, 1.165) is 30.8 Å². The van der Waals surface area contributed by atoms with Gasteiger partial charge in [-0.05, 0) is 26.7 Å². The molecule has 0 aliphatic carbocycles. The molecular formula is C12H17ClN2O2. The van der Waals surface area contributed by atoms with Crippen LogP contribution >= 0.6 is 11.6 Å². The molecule has 0 spiro atoms. The third-order valence-electron chi connectivity index (χ3n) is 3.08. The van der Waals surface area contributed by atoms with Gasteiger partial charge in [0.1, 0.15) is 6.10 Å². The summed E-state index contributed by atoms with van der Waals surface area (Å²) in [6, 6.07) is 0. The first kappa shape index (κ1) is 12.6. The van der Waals surface area contributed by atoms with Crippen LogP contribution in [0.4, 0.5) is 0 Å². The number of hydrogen-bond donors (Lipinski definition) is 0. The summed E-state index contributed by atoms with van der Waals surface area (Å²) in [5.74, 6) is 0.110. The van der Waals surface area contributed by atoms with Gasteiger partial charge in [-0.1, -0.05) is 11.6 Å². The van der Waals surface area contributed by atoms with Crippen LogP contribution in [0.5, 0.6) is 0 Å². The Morgan fingerprint density at radius 2 is 2.41 bits per heavy atom. The summed E-state index contributed by atoms with van der Waals surface area (Å²) in [7, 11) is 0. The zero-order valence-corrected chi connectivity index (χ0v) is 11.0. The topological polar surface area (TPSA) is 44.1 Å². The van der Waals surface area contributed by atoms with E-state index in [1.165, 1.54) is 0 Å². The standard InChI is InChI=1S/C12H17ClN2O2/c1-3-15-9(12(13)8(2)14-15)7-10(16)11-5-4-6-17-11/h11H,3-7H2,1-2H3. The minimum atomic E-state index is -0.244. The molecule has 2 rings (SSSR count). The fraction of sp³-hybridized carbons (Fsp3) is 0.667. The van der Waals surface area contributed by atoms with Crippen LogP contribution < -0.4 is 0 Å². The minimum Gasteiger partial charge on any atom is -0.370 e. The lowest BCUT2D eigenvalue weighted by molar-refractivity contribution is -0.127. The van der Waals surface area contributed by atoms with Gasteiger partial charge in [0, 0.05) is 13.2 Å². The van der Waals surface area contributed by atoms with Gasteiger partial charge in [0.2, 0.25) is 0 Å². The molecule has 0 amide bonds. The molecule has 0 bridgehead atoms. The molecule has 1 aromatic rings. The van der Waals surface area contributed by atoms with Crippen LogP contribution in [-0.4, -0.2) is 28.3 Å². The van der Waals surface area contributed by atoms with Gasteiger partial charge in [-0.25, -0.2) is 0 Å². The van der Waals surface area contributed by atoms with E-state index in [1.807, 2.05) is 13.8 Å². The zero-order chi connectivity index (χ0) is 12.4. The molecule has 1 aromatic heterocycles. The fourth-order valence-electron chi connectivity index (χ4n) is 2.15. The van der Waals surface area contributed by atoms with Crippen molar-refractivity contribution < 1.29 is 9.53 Å². The van der Waals surface area contributed by atoms with E-state index in [1.54, 1.807) is 4.68 Å². The summed E-state index contributed by atoms with van der Waals surface area (Å²) < 4.78 is 7.18. The lowest BCUT2D eigenvalue weighted by Gasteiger charge is -2.09. The van der Waals surface area contributed by atoms with E-state index in [-0.39, 0.29) is 11.9 Å². The van der Waals surface area contributed by atoms with Crippen LogP contribution in [-0.2, 0) is 22.5 Å². The van der Waals surface area contributed by atoms with E-state index in [4.69, 9.17) is 16.3 Å². The van der Waals surface area contributed by atoms with E-state index in [9.17, 15) is 4.79 Å². The van der Waals surface area contributed by atoms with Gasteiger partial charge in [0.25, 0.3) is 0 Å². The van der Waals surface area contributed by atoms with E-state index >= 15 is 0 Å². The van der Waals surface area contributed by atoms with Crippen molar-refractivity contribution in [1.29, 1.82) is 0 Å². The van der Waals surface area contributed by atoms with Crippen molar-refractivity contribution in [1.82, 2.24) is 9.78 Å². The number of halogens is 1. The number of carbonyl (C=O) groups is 1. The highest BCUT2D eigenvalue weighted by Crippen LogP contribution is 2.23. The van der Waals surface area contributed by atoms with Crippen LogP contribution in [0, 0.1) is 6.92 Å². The van der Waals surface area contributed by atoms with Gasteiger partial charge in [-0.3, -0.25) is 9.48 Å². The van der Waals surface area contributed by atoms with Crippen LogP contribution in [0.25, 0.3) is 0 Å². The van der Waals surface area contributed by atoms with Crippen LogP contribution in [0.15, 0.2) is 0 Å². The highest BCUT2D eigenvalue weighted by atomic mass is 35.5. The maximum Gasteiger partial charge on any atom is 0.167 e. The summed E-state index contributed by atoms with van der Waals surface area (Å²) in [5, 5.41) is 4.91. The van der Waals surface area contributed by atoms with Crippen molar-refractivity contribution in [2.24, 2.45) is 0 Å². The third-order valence-corrected chi connectivity index (χ3v) is 3.57. The molecule has 1 saturated heterocycles. The molecule has 5 heteroatoms. The van der Waals surface area contributed by atoms with Gasteiger partial charge in [0.05, 0.1) is 22.8 Å². The van der Waals surface area contributed by atoms with Gasteiger partial charge in [-0.15, -0.1) is 0 Å². The van der Waals surface area contributed by atoms with Gasteiger partial charge in [-0.2, -0.15) is 5.10 Å². The Balaban J connectivity index is 2.14. The average Bonchev–Trinajstić information content (AvgIpc) is 2.92. The minimum absolute atomic E-state index is 0.110. The maximum atomic E-state index is 12.0. The molecule has 4 nitrogen and oxygen atoms in total. The Morgan fingerprint density at radius 1 is 1.65 bits per heavy atom. The largest absolute Gasteiger partial charge is 0.370 e. The lowest BCUT2D eigenvalue weighted by atomic mass is 10.1. The summed E-state index contributed by atoms with van der Waals surface area (Å²) in [6.07, 6.45) is 1.87. The molecule has 94 valence electrons. The van der Waals surface area contributed by atoms with Gasteiger partial charge >= 0.3 is 0 Å². The first-order valence-electron chi connectivity index (χ1n) is 5.99. The molecule has 1 aliphatic rings. The smallest absolute Gasteiger partial charge is 0.167 e. The van der Waals surface area contributed by atoms with Crippen molar-refractivity contribution in [3.63, 3.8) is 0 Å². The highest BCUT2D eigenvalue weighted by molar-refractivity contribution is 6.32. The second-order valence-corrected chi connectivity index (χ2v) is 4.68. The second kappa shape index (κ2) is 5.19. The summed E-state index contributed by atoms with van der Waals surface area (Å²) >= 11 is 6.17. The van der Waals surface area contributed by atoms with Crippen molar-refractivity contribution in [2.45, 2.75) is 45.8 Å². The molecule has 0 aromatic carbocycles. The Kier molecular flexibility index (Phi) is 3.84. The summed E-state index contributed by atoms with van der Waals surface area (Å²) in [5.41, 5.74) is 1.59. The quantitative estimate of drug-likeness (QED) is 0.829. The van der Waals surface area contributed by atoms with Crippen LogP contribution in [0.1, 0.15) is 31.2 Å². The Labute approximate surface area is 106 Å². The number of ketones is 1. The number of nitrogens with zero attached hydrogens (tertiary/aromatic N) is 2. The molecule has 2 heterocycles. The SMILES string of the molecule is CCn1nc(C)c(Cl)c1CC(=O)C1CCCO1. The number of ether oxygens (including phenoxy) is 1. The molecule has 1 aliphatic heterocycles. The number of carbonyl (C=O) groups excluding carboxylic acids is 1. The van der Waals surface area contributed by atoms with Gasteiger partial charge in [0.15, 0.2) is 5.78 Å². The first-order valence-corrected chi connectivity index (χ1v) is 6.37. The van der Waals surface area contributed by atoms with Crippen molar-refractivity contribution in [3.8, 4) is 0 Å². The van der Waals surface area contributed by atoms with E-state index in [0.29, 0.717) is 18.1 Å². The second-order valence-electron chi connectivity index (χ2n) is 4.31. The summed E-state index contributed by atoms with van der Waals surface area (Å²) in [6.45, 7) is 5.26. The molecule has 0 N–H and O–H groups in total. The van der Waals surface area contributed by atoms with Gasteiger partial charge < -0.3 is 4.74 Å². The Hall–Kier alpha value is -0.870. The van der Waals surface area contributed by atoms with E-state index in [2.05, 4.69) is 5.10 Å². The average molecular weight is 257 g/mol. The number of hydrogen-bond acceptors (Lipinski definition) is 3. The molecular weight excluding hydrogens is 240 g/mol. The van der Waals surface area contributed by atoms with Crippen molar-refractivity contribution >= 4 is 17.4 Å². The Bertz CT molecular complexity index is 422. The highest BCUT2D eigenvalue weighted by Gasteiger charge is 2.26. The maximum absolute atomic E-state index is 12.0. The molecule has 1 unspecified atom stereocenters. The number of rotatable bonds is 4. The van der Waals surface area contributed by atoms with Crippen molar-refractivity contribution in [3.05, 3.63) is 16.4 Å². The number of aromatic nitrogens is 2. The Morgan fingerprint density at radius 3 is 3.00 bits per heavy atom. The predicted octanol–water partition coefficient (Wildman–Crippen LogP) is 2.16. The fourth-order valence-corrected chi connectivity index (χ4v) is 2.35. The normalized spacial score (nSPS) is 19.8. The predicted molar refractivity (Wildman–Crippen MR) is 65.3 cm³/mol. The van der Waals surface area contributed by atoms with Crippen LogP contribution in [0.2, 0.25) is 5.02 Å². The van der Waals surface area contributed by atoms with Crippen LogP contribution in [0.3, 0.4) is 0 Å². The molecule has 17 heavy (non-hydrogen) atoms. The third kappa shape index (κ3) is 2.53. The summed E-state index contributed by atoms with van der Waals surface area (Å²) in [4.78, 5) is 12.0. The number of aryl methyl sites for hydroxylation is 2.